The predicted octanol–water partition coefficient (Wildman–Crippen LogP) is 2.40. The summed E-state index contributed by atoms with van der Waals surface area (Å²) >= 11 is 1.93. The molecule has 22 heavy (non-hydrogen) atoms. The van der Waals surface area contributed by atoms with Crippen LogP contribution in [0.5, 0.6) is 0 Å². The number of unbranched alkanes of at least 4 members (excludes halogenated alkanes) is 6. The molecule has 1 aliphatic rings. The van der Waals surface area contributed by atoms with Crippen molar-refractivity contribution in [2.45, 2.75) is 63.8 Å². The largest absolute Gasteiger partial charge is 0.330 e. The minimum Gasteiger partial charge on any atom is -0.330 e. The number of carbonyl (C=O) groups is 1. The van der Waals surface area contributed by atoms with E-state index >= 15 is 0 Å². The molecule has 0 aromatic carbocycles. The zero-order valence-electron chi connectivity index (χ0n) is 14.1. The van der Waals surface area contributed by atoms with Crippen LogP contribution in [-0.4, -0.2) is 54.4 Å². The Labute approximate surface area is 140 Å². The summed E-state index contributed by atoms with van der Waals surface area (Å²) in [6.45, 7) is 3.72. The standard InChI is InChI=1S/C17H35N3OS/c18-10-5-1-3-7-12-20(13-8-4-2-6-11-19)16-15-22-14-9-17(16)21/h16H,1-15,18-19H2/t16-/m1/s1. The number of rotatable bonds is 13. The number of nitrogens with two attached hydrogens (primary N) is 2. The van der Waals surface area contributed by atoms with Crippen LogP contribution >= 0.6 is 11.8 Å². The molecule has 1 rings (SSSR count). The Morgan fingerprint density at radius 3 is 1.95 bits per heavy atom. The molecule has 0 radical (unpaired) electrons. The summed E-state index contributed by atoms with van der Waals surface area (Å²) in [5.41, 5.74) is 11.1. The van der Waals surface area contributed by atoms with Gasteiger partial charge in [-0.05, 0) is 51.9 Å². The van der Waals surface area contributed by atoms with Gasteiger partial charge in [-0.1, -0.05) is 25.7 Å². The van der Waals surface area contributed by atoms with E-state index in [1.807, 2.05) is 11.8 Å². The van der Waals surface area contributed by atoms with Crippen molar-refractivity contribution in [2.75, 3.05) is 37.7 Å². The third-order valence-electron chi connectivity index (χ3n) is 4.38. The molecular weight excluding hydrogens is 294 g/mol. The van der Waals surface area contributed by atoms with E-state index in [2.05, 4.69) is 4.90 Å². The normalized spacial score (nSPS) is 19.0. The maximum Gasteiger partial charge on any atom is 0.151 e. The fraction of sp³-hybridized carbons (Fsp3) is 0.941. The van der Waals surface area contributed by atoms with Crippen molar-refractivity contribution in [1.29, 1.82) is 0 Å². The Balaban J connectivity index is 2.33. The molecule has 1 saturated heterocycles. The summed E-state index contributed by atoms with van der Waals surface area (Å²) in [4.78, 5) is 14.7. The summed E-state index contributed by atoms with van der Waals surface area (Å²) in [7, 11) is 0. The Morgan fingerprint density at radius 2 is 1.45 bits per heavy atom. The van der Waals surface area contributed by atoms with Gasteiger partial charge in [-0.2, -0.15) is 11.8 Å². The van der Waals surface area contributed by atoms with Gasteiger partial charge in [-0.25, -0.2) is 0 Å². The maximum absolute atomic E-state index is 12.2. The van der Waals surface area contributed by atoms with Crippen LogP contribution in [-0.2, 0) is 4.79 Å². The van der Waals surface area contributed by atoms with Gasteiger partial charge < -0.3 is 11.5 Å². The highest BCUT2D eigenvalue weighted by atomic mass is 32.2. The molecule has 1 heterocycles. The number of nitrogens with zero attached hydrogens (tertiary/aromatic N) is 1. The van der Waals surface area contributed by atoms with Crippen LogP contribution in [0.3, 0.4) is 0 Å². The Kier molecular flexibility index (Phi) is 12.1. The molecule has 0 unspecified atom stereocenters. The summed E-state index contributed by atoms with van der Waals surface area (Å²) in [6.07, 6.45) is 10.3. The second-order valence-electron chi connectivity index (χ2n) is 6.25. The first-order chi connectivity index (χ1) is 10.8. The van der Waals surface area contributed by atoms with E-state index in [0.29, 0.717) is 5.78 Å². The number of hydrogen-bond acceptors (Lipinski definition) is 5. The van der Waals surface area contributed by atoms with Crippen LogP contribution in [0.15, 0.2) is 0 Å². The second kappa shape index (κ2) is 13.3. The number of hydrogen-bond donors (Lipinski definition) is 2. The van der Waals surface area contributed by atoms with Gasteiger partial charge in [0.2, 0.25) is 0 Å². The topological polar surface area (TPSA) is 72.3 Å². The number of ketones is 1. The molecule has 1 fully saturated rings. The highest BCUT2D eigenvalue weighted by Crippen LogP contribution is 2.20. The lowest BCUT2D eigenvalue weighted by molar-refractivity contribution is -0.123. The van der Waals surface area contributed by atoms with E-state index in [0.717, 1.165) is 56.9 Å². The van der Waals surface area contributed by atoms with Gasteiger partial charge in [-0.3, -0.25) is 9.69 Å². The van der Waals surface area contributed by atoms with Gasteiger partial charge in [0.05, 0.1) is 6.04 Å². The van der Waals surface area contributed by atoms with Crippen molar-refractivity contribution in [2.24, 2.45) is 11.5 Å². The molecule has 0 bridgehead atoms. The molecule has 0 aliphatic carbocycles. The fourth-order valence-electron chi connectivity index (χ4n) is 2.99. The summed E-state index contributed by atoms with van der Waals surface area (Å²) in [5, 5.41) is 0. The van der Waals surface area contributed by atoms with E-state index in [-0.39, 0.29) is 6.04 Å². The van der Waals surface area contributed by atoms with E-state index in [1.54, 1.807) is 0 Å². The molecule has 0 saturated carbocycles. The fourth-order valence-corrected chi connectivity index (χ4v) is 4.12. The smallest absolute Gasteiger partial charge is 0.151 e. The first-order valence-corrected chi connectivity index (χ1v) is 10.2. The zero-order valence-corrected chi connectivity index (χ0v) is 14.9. The highest BCUT2D eigenvalue weighted by Gasteiger charge is 2.27. The average molecular weight is 330 g/mol. The van der Waals surface area contributed by atoms with Crippen molar-refractivity contribution in [3.8, 4) is 0 Å². The van der Waals surface area contributed by atoms with Crippen molar-refractivity contribution in [3.63, 3.8) is 0 Å². The van der Waals surface area contributed by atoms with E-state index < -0.39 is 0 Å². The molecule has 1 atom stereocenters. The van der Waals surface area contributed by atoms with Crippen molar-refractivity contribution < 1.29 is 4.79 Å². The monoisotopic (exact) mass is 329 g/mol. The number of carbonyl (C=O) groups excluding carboxylic acids is 1. The molecule has 5 heteroatoms. The van der Waals surface area contributed by atoms with Gasteiger partial charge in [0.25, 0.3) is 0 Å². The van der Waals surface area contributed by atoms with Gasteiger partial charge in [0.1, 0.15) is 0 Å². The molecule has 0 spiro atoms. The molecule has 0 aromatic rings. The molecular formula is C17H35N3OS. The third kappa shape index (κ3) is 8.51. The molecule has 130 valence electrons. The Bertz CT molecular complexity index is 275. The summed E-state index contributed by atoms with van der Waals surface area (Å²) in [5.74, 6) is 2.46. The lowest BCUT2D eigenvalue weighted by atomic mass is 10.1. The lowest BCUT2D eigenvalue weighted by Gasteiger charge is -2.33. The quantitative estimate of drug-likeness (QED) is 0.508. The van der Waals surface area contributed by atoms with Gasteiger partial charge in [-0.15, -0.1) is 0 Å². The van der Waals surface area contributed by atoms with E-state index in [4.69, 9.17) is 11.5 Å². The van der Waals surface area contributed by atoms with Crippen LogP contribution in [0, 0.1) is 0 Å². The van der Waals surface area contributed by atoms with E-state index in [9.17, 15) is 4.79 Å². The SMILES string of the molecule is NCCCCCCN(CCCCCCN)[C@@H]1CSCCC1=O. The summed E-state index contributed by atoms with van der Waals surface area (Å²) < 4.78 is 0. The first kappa shape index (κ1) is 19.9. The minimum atomic E-state index is 0.169. The van der Waals surface area contributed by atoms with Crippen LogP contribution in [0.4, 0.5) is 0 Å². The Hall–Kier alpha value is -0.100. The van der Waals surface area contributed by atoms with Gasteiger partial charge >= 0.3 is 0 Å². The predicted molar refractivity (Wildman–Crippen MR) is 97.4 cm³/mol. The zero-order chi connectivity index (χ0) is 16.0. The molecule has 0 amide bonds. The van der Waals surface area contributed by atoms with Gasteiger partial charge in [0, 0.05) is 17.9 Å². The van der Waals surface area contributed by atoms with Crippen molar-refractivity contribution in [1.82, 2.24) is 4.90 Å². The van der Waals surface area contributed by atoms with Crippen LogP contribution in [0.1, 0.15) is 57.8 Å². The Morgan fingerprint density at radius 1 is 0.909 bits per heavy atom. The molecule has 1 aliphatic heterocycles. The third-order valence-corrected chi connectivity index (χ3v) is 5.42. The van der Waals surface area contributed by atoms with Crippen molar-refractivity contribution in [3.05, 3.63) is 0 Å². The van der Waals surface area contributed by atoms with Gasteiger partial charge in [0.15, 0.2) is 5.78 Å². The summed E-state index contributed by atoms with van der Waals surface area (Å²) in [6, 6.07) is 0.169. The molecule has 4 N–H and O–H groups in total. The highest BCUT2D eigenvalue weighted by molar-refractivity contribution is 7.99. The number of thioether (sulfide) groups is 1. The lowest BCUT2D eigenvalue weighted by Crippen LogP contribution is -2.46. The maximum atomic E-state index is 12.2. The number of Topliss-reactive ketones (excluding diaryl/α,β-unsaturated/α-hetero) is 1. The van der Waals surface area contributed by atoms with Crippen molar-refractivity contribution >= 4 is 17.5 Å². The molecule has 4 nitrogen and oxygen atoms in total. The van der Waals surface area contributed by atoms with Crippen LogP contribution < -0.4 is 11.5 Å². The molecule has 0 aromatic heterocycles. The van der Waals surface area contributed by atoms with Crippen LogP contribution in [0.2, 0.25) is 0 Å². The van der Waals surface area contributed by atoms with E-state index in [1.165, 1.54) is 38.5 Å². The minimum absolute atomic E-state index is 0.169. The second-order valence-corrected chi connectivity index (χ2v) is 7.40. The average Bonchev–Trinajstić information content (AvgIpc) is 2.53. The first-order valence-electron chi connectivity index (χ1n) is 9.04. The van der Waals surface area contributed by atoms with Crippen LogP contribution in [0.25, 0.3) is 0 Å².